The van der Waals surface area contributed by atoms with Crippen LogP contribution in [-0.4, -0.2) is 21.6 Å². The van der Waals surface area contributed by atoms with Crippen LogP contribution in [0.5, 0.6) is 0 Å². The first-order chi connectivity index (χ1) is 12.5. The summed E-state index contributed by atoms with van der Waals surface area (Å²) in [5, 5.41) is 3.05. The van der Waals surface area contributed by atoms with Gasteiger partial charge in [-0.2, -0.15) is 0 Å². The highest BCUT2D eigenvalue weighted by Crippen LogP contribution is 2.20. The lowest BCUT2D eigenvalue weighted by atomic mass is 10.1. The van der Waals surface area contributed by atoms with Gasteiger partial charge in [-0.05, 0) is 24.6 Å². The van der Waals surface area contributed by atoms with E-state index in [1.165, 1.54) is 17.8 Å². The predicted octanol–water partition coefficient (Wildman–Crippen LogP) is 4.32. The van der Waals surface area contributed by atoms with Crippen LogP contribution in [0.15, 0.2) is 53.7 Å². The number of carbonyl (C=O) groups excluding carboxylic acids is 1. The van der Waals surface area contributed by atoms with E-state index < -0.39 is 11.6 Å². The number of halogens is 2. The largest absolute Gasteiger partial charge is 0.337 e. The minimum Gasteiger partial charge on any atom is -0.337 e. The molecule has 0 saturated heterocycles. The second-order valence-corrected chi connectivity index (χ2v) is 6.70. The topological polar surface area (TPSA) is 57.8 Å². The average molecular weight is 373 g/mol. The molecule has 0 unspecified atom stereocenters. The van der Waals surface area contributed by atoms with Crippen molar-refractivity contribution in [3.8, 4) is 0 Å². The zero-order valence-corrected chi connectivity index (χ0v) is 14.9. The number of amides is 1. The standard InChI is InChI=1S/C19H17F2N3OS/c1-12-17(9-13-5-3-2-4-6-13)24-19(22-12)26-11-18(25)23-16-8-7-14(20)10-15(16)21/h2-8,10H,9,11H2,1H3,(H,22,24)(H,23,25). The van der Waals surface area contributed by atoms with E-state index in [1.807, 2.05) is 37.3 Å². The van der Waals surface area contributed by atoms with E-state index in [0.717, 1.165) is 29.1 Å². The molecular formula is C19H17F2N3OS. The maximum Gasteiger partial charge on any atom is 0.234 e. The number of rotatable bonds is 6. The monoisotopic (exact) mass is 373 g/mol. The van der Waals surface area contributed by atoms with Crippen molar-refractivity contribution in [3.63, 3.8) is 0 Å². The number of imidazole rings is 1. The number of carbonyl (C=O) groups is 1. The van der Waals surface area contributed by atoms with E-state index in [2.05, 4.69) is 15.3 Å². The molecule has 4 nitrogen and oxygen atoms in total. The molecular weight excluding hydrogens is 356 g/mol. The van der Waals surface area contributed by atoms with Crippen LogP contribution < -0.4 is 5.32 Å². The van der Waals surface area contributed by atoms with E-state index in [4.69, 9.17) is 0 Å². The molecule has 1 heterocycles. The van der Waals surface area contributed by atoms with Crippen molar-refractivity contribution in [2.24, 2.45) is 0 Å². The molecule has 0 aliphatic heterocycles. The predicted molar refractivity (Wildman–Crippen MR) is 98.3 cm³/mol. The van der Waals surface area contributed by atoms with Crippen molar-refractivity contribution in [3.05, 3.63) is 77.1 Å². The van der Waals surface area contributed by atoms with Crippen molar-refractivity contribution >= 4 is 23.4 Å². The van der Waals surface area contributed by atoms with E-state index in [-0.39, 0.29) is 17.3 Å². The molecule has 2 N–H and O–H groups in total. The molecule has 0 saturated carbocycles. The number of anilines is 1. The molecule has 0 aliphatic carbocycles. The normalized spacial score (nSPS) is 10.7. The fourth-order valence-electron chi connectivity index (χ4n) is 2.41. The molecule has 0 atom stereocenters. The zero-order valence-electron chi connectivity index (χ0n) is 14.1. The highest BCUT2D eigenvalue weighted by atomic mass is 32.2. The fourth-order valence-corrected chi connectivity index (χ4v) is 3.15. The molecule has 7 heteroatoms. The van der Waals surface area contributed by atoms with Crippen LogP contribution >= 0.6 is 11.8 Å². The molecule has 134 valence electrons. The van der Waals surface area contributed by atoms with Gasteiger partial charge in [-0.15, -0.1) is 0 Å². The molecule has 0 spiro atoms. The van der Waals surface area contributed by atoms with Crippen LogP contribution in [0.4, 0.5) is 14.5 Å². The molecule has 1 aromatic heterocycles. The minimum atomic E-state index is -0.803. The number of thioether (sulfide) groups is 1. The third kappa shape index (κ3) is 4.70. The van der Waals surface area contributed by atoms with Crippen LogP contribution in [0.3, 0.4) is 0 Å². The molecule has 0 fully saturated rings. The third-order valence-electron chi connectivity index (χ3n) is 3.72. The molecule has 0 bridgehead atoms. The van der Waals surface area contributed by atoms with E-state index in [9.17, 15) is 13.6 Å². The first-order valence-corrected chi connectivity index (χ1v) is 8.97. The minimum absolute atomic E-state index is 0.0441. The van der Waals surface area contributed by atoms with Gasteiger partial charge in [-0.3, -0.25) is 4.79 Å². The maximum atomic E-state index is 13.6. The maximum absolute atomic E-state index is 13.6. The number of hydrogen-bond acceptors (Lipinski definition) is 3. The second kappa shape index (κ2) is 8.14. The Kier molecular flexibility index (Phi) is 5.68. The number of aromatic amines is 1. The quantitative estimate of drug-likeness (QED) is 0.633. The number of hydrogen-bond donors (Lipinski definition) is 2. The van der Waals surface area contributed by atoms with Gasteiger partial charge in [0.05, 0.1) is 17.1 Å². The van der Waals surface area contributed by atoms with Gasteiger partial charge in [0.2, 0.25) is 5.91 Å². The molecule has 3 aromatic rings. The highest BCUT2D eigenvalue weighted by Gasteiger charge is 2.12. The lowest BCUT2D eigenvalue weighted by Crippen LogP contribution is -2.15. The van der Waals surface area contributed by atoms with Gasteiger partial charge in [0.25, 0.3) is 0 Å². The lowest BCUT2D eigenvalue weighted by molar-refractivity contribution is -0.113. The van der Waals surface area contributed by atoms with Crippen molar-refractivity contribution < 1.29 is 13.6 Å². The molecule has 2 aromatic carbocycles. The zero-order chi connectivity index (χ0) is 18.5. The summed E-state index contributed by atoms with van der Waals surface area (Å²) in [4.78, 5) is 19.6. The Morgan fingerprint density at radius 3 is 2.69 bits per heavy atom. The van der Waals surface area contributed by atoms with Crippen LogP contribution in [0.25, 0.3) is 0 Å². The van der Waals surface area contributed by atoms with Gasteiger partial charge >= 0.3 is 0 Å². The smallest absolute Gasteiger partial charge is 0.234 e. The molecule has 1 amide bonds. The van der Waals surface area contributed by atoms with Crippen molar-refractivity contribution in [1.82, 2.24) is 9.97 Å². The Labute approximate surface area is 154 Å². The average Bonchev–Trinajstić information content (AvgIpc) is 2.96. The number of benzene rings is 2. The van der Waals surface area contributed by atoms with Gasteiger partial charge in [-0.25, -0.2) is 13.8 Å². The molecule has 0 radical (unpaired) electrons. The Morgan fingerprint density at radius 2 is 1.96 bits per heavy atom. The molecule has 3 rings (SSSR count). The van der Waals surface area contributed by atoms with Gasteiger partial charge in [0.15, 0.2) is 5.16 Å². The summed E-state index contributed by atoms with van der Waals surface area (Å²) in [6, 6.07) is 13.0. The van der Waals surface area contributed by atoms with Gasteiger partial charge in [0, 0.05) is 18.2 Å². The Bertz CT molecular complexity index is 912. The number of nitrogens with one attached hydrogen (secondary N) is 2. The Hall–Kier alpha value is -2.67. The third-order valence-corrected chi connectivity index (χ3v) is 4.60. The number of H-pyrrole nitrogens is 1. The number of aromatic nitrogens is 2. The van der Waals surface area contributed by atoms with Crippen LogP contribution in [0, 0.1) is 18.6 Å². The summed E-state index contributed by atoms with van der Waals surface area (Å²) in [5.74, 6) is -1.82. The van der Waals surface area contributed by atoms with Crippen LogP contribution in [0.2, 0.25) is 0 Å². The Morgan fingerprint density at radius 1 is 1.19 bits per heavy atom. The van der Waals surface area contributed by atoms with Crippen molar-refractivity contribution in [2.75, 3.05) is 11.1 Å². The summed E-state index contributed by atoms with van der Waals surface area (Å²) in [6.45, 7) is 1.93. The molecule has 26 heavy (non-hydrogen) atoms. The summed E-state index contributed by atoms with van der Waals surface area (Å²) < 4.78 is 26.4. The van der Waals surface area contributed by atoms with Crippen LogP contribution in [0.1, 0.15) is 17.0 Å². The fraction of sp³-hybridized carbons (Fsp3) is 0.158. The summed E-state index contributed by atoms with van der Waals surface area (Å²) in [5.41, 5.74) is 2.98. The van der Waals surface area contributed by atoms with E-state index in [1.54, 1.807) is 0 Å². The first-order valence-electron chi connectivity index (χ1n) is 7.98. The van der Waals surface area contributed by atoms with Gasteiger partial charge < -0.3 is 10.3 Å². The van der Waals surface area contributed by atoms with Gasteiger partial charge in [0.1, 0.15) is 11.6 Å². The Balaban J connectivity index is 1.57. The first kappa shape index (κ1) is 18.1. The summed E-state index contributed by atoms with van der Waals surface area (Å²) in [7, 11) is 0. The SMILES string of the molecule is Cc1[nH]c(SCC(=O)Nc2ccc(F)cc2F)nc1Cc1ccccc1. The van der Waals surface area contributed by atoms with Crippen LogP contribution in [-0.2, 0) is 11.2 Å². The van der Waals surface area contributed by atoms with E-state index in [0.29, 0.717) is 11.6 Å². The number of nitrogens with zero attached hydrogens (tertiary/aromatic N) is 1. The highest BCUT2D eigenvalue weighted by molar-refractivity contribution is 7.99. The summed E-state index contributed by atoms with van der Waals surface area (Å²) in [6.07, 6.45) is 0.705. The van der Waals surface area contributed by atoms with Gasteiger partial charge in [-0.1, -0.05) is 42.1 Å². The molecule has 0 aliphatic rings. The van der Waals surface area contributed by atoms with Crippen molar-refractivity contribution in [1.29, 1.82) is 0 Å². The second-order valence-electron chi connectivity index (χ2n) is 5.74. The van der Waals surface area contributed by atoms with Crippen molar-refractivity contribution in [2.45, 2.75) is 18.5 Å². The van der Waals surface area contributed by atoms with E-state index >= 15 is 0 Å². The number of aryl methyl sites for hydroxylation is 1. The summed E-state index contributed by atoms with van der Waals surface area (Å²) >= 11 is 1.23. The lowest BCUT2D eigenvalue weighted by Gasteiger charge is -2.05.